The molecule has 1 aliphatic carbocycles. The lowest BCUT2D eigenvalue weighted by Gasteiger charge is -2.06. The van der Waals surface area contributed by atoms with E-state index in [1.807, 2.05) is 0 Å². The third kappa shape index (κ3) is 1.14. The van der Waals surface area contributed by atoms with Crippen LogP contribution in [0.4, 0.5) is 0 Å². The van der Waals surface area contributed by atoms with Gasteiger partial charge < -0.3 is 14.9 Å². The summed E-state index contributed by atoms with van der Waals surface area (Å²) in [5, 5.41) is 17.2. The summed E-state index contributed by atoms with van der Waals surface area (Å²) in [4.78, 5) is 32.1. The summed E-state index contributed by atoms with van der Waals surface area (Å²) in [6, 6.07) is 0. The molecule has 0 radical (unpaired) electrons. The maximum Gasteiger partial charge on any atom is 0.324 e. The van der Waals surface area contributed by atoms with E-state index in [4.69, 9.17) is 10.2 Å². The van der Waals surface area contributed by atoms with Crippen LogP contribution in [0.2, 0.25) is 0 Å². The Morgan fingerprint density at radius 3 is 2.15 bits per heavy atom. The minimum atomic E-state index is -1.85. The number of carboxylic acids is 2. The number of carbonyl (C=O) groups is 3. The van der Waals surface area contributed by atoms with Gasteiger partial charge in [-0.1, -0.05) is 0 Å². The third-order valence-electron chi connectivity index (χ3n) is 2.19. The van der Waals surface area contributed by atoms with Crippen molar-refractivity contribution in [2.75, 3.05) is 7.11 Å². The van der Waals surface area contributed by atoms with Gasteiger partial charge in [0.15, 0.2) is 5.41 Å². The molecule has 1 saturated carbocycles. The van der Waals surface area contributed by atoms with Gasteiger partial charge in [-0.2, -0.15) is 0 Å². The molecule has 0 spiro atoms. The Morgan fingerprint density at radius 2 is 1.92 bits per heavy atom. The van der Waals surface area contributed by atoms with E-state index in [0.717, 1.165) is 7.11 Å². The summed E-state index contributed by atoms with van der Waals surface area (Å²) >= 11 is 0. The molecule has 1 fully saturated rings. The highest BCUT2D eigenvalue weighted by Gasteiger charge is 2.71. The molecule has 0 heterocycles. The maximum atomic E-state index is 11.0. The molecule has 1 aliphatic rings. The van der Waals surface area contributed by atoms with Crippen LogP contribution in [0.3, 0.4) is 0 Å². The van der Waals surface area contributed by atoms with Gasteiger partial charge in [0.25, 0.3) is 0 Å². The average molecular weight is 188 g/mol. The molecule has 0 bridgehead atoms. The third-order valence-corrected chi connectivity index (χ3v) is 2.19. The van der Waals surface area contributed by atoms with Crippen LogP contribution in [0.25, 0.3) is 0 Å². The van der Waals surface area contributed by atoms with Crippen molar-refractivity contribution >= 4 is 17.9 Å². The van der Waals surface area contributed by atoms with Gasteiger partial charge in [-0.3, -0.25) is 14.4 Å². The molecule has 0 aliphatic heterocycles. The maximum absolute atomic E-state index is 11.0. The highest BCUT2D eigenvalue weighted by molar-refractivity contribution is 6.07. The van der Waals surface area contributed by atoms with E-state index in [9.17, 15) is 14.4 Å². The molecule has 2 atom stereocenters. The molecule has 0 aromatic carbocycles. The second-order valence-corrected chi connectivity index (χ2v) is 2.86. The molecule has 0 unspecified atom stereocenters. The molecule has 6 heteroatoms. The smallest absolute Gasteiger partial charge is 0.324 e. The molecule has 0 aromatic rings. The van der Waals surface area contributed by atoms with E-state index in [2.05, 4.69) is 4.74 Å². The van der Waals surface area contributed by atoms with Crippen LogP contribution in [-0.2, 0) is 19.1 Å². The fourth-order valence-corrected chi connectivity index (χ4v) is 1.29. The molecular formula is C7H8O6. The van der Waals surface area contributed by atoms with E-state index >= 15 is 0 Å². The Hall–Kier alpha value is -1.59. The van der Waals surface area contributed by atoms with Gasteiger partial charge in [-0.15, -0.1) is 0 Å². The number of methoxy groups -OCH3 is 1. The van der Waals surface area contributed by atoms with Crippen molar-refractivity contribution in [2.45, 2.75) is 6.42 Å². The zero-order valence-electron chi connectivity index (χ0n) is 6.81. The van der Waals surface area contributed by atoms with Gasteiger partial charge in [0.2, 0.25) is 0 Å². The number of rotatable bonds is 3. The Balaban J connectivity index is 2.90. The van der Waals surface area contributed by atoms with Crippen LogP contribution in [0, 0.1) is 11.3 Å². The molecule has 0 amide bonds. The second-order valence-electron chi connectivity index (χ2n) is 2.86. The Morgan fingerprint density at radius 1 is 1.38 bits per heavy atom. The molecule has 2 N–H and O–H groups in total. The normalized spacial score (nSPS) is 30.7. The molecule has 0 saturated heterocycles. The van der Waals surface area contributed by atoms with Crippen molar-refractivity contribution in [1.29, 1.82) is 0 Å². The SMILES string of the molecule is COC(=O)[C@]1(C(=O)O)C[C@@H]1C(=O)O. The lowest BCUT2D eigenvalue weighted by molar-refractivity contribution is -0.162. The van der Waals surface area contributed by atoms with E-state index in [0.29, 0.717) is 0 Å². The largest absolute Gasteiger partial charge is 0.481 e. The summed E-state index contributed by atoms with van der Waals surface area (Å²) in [6.45, 7) is 0. The zero-order chi connectivity index (χ0) is 10.2. The first-order valence-corrected chi connectivity index (χ1v) is 3.51. The van der Waals surface area contributed by atoms with Crippen molar-refractivity contribution in [3.63, 3.8) is 0 Å². The predicted molar refractivity (Wildman–Crippen MR) is 37.8 cm³/mol. The first-order chi connectivity index (χ1) is 5.96. The minimum absolute atomic E-state index is 0.190. The first kappa shape index (κ1) is 9.50. The quantitative estimate of drug-likeness (QED) is 0.450. The van der Waals surface area contributed by atoms with Crippen LogP contribution in [-0.4, -0.2) is 35.2 Å². The fourth-order valence-electron chi connectivity index (χ4n) is 1.29. The van der Waals surface area contributed by atoms with Crippen molar-refractivity contribution in [2.24, 2.45) is 11.3 Å². The zero-order valence-corrected chi connectivity index (χ0v) is 6.81. The number of carboxylic acid groups (broad SMARTS) is 2. The van der Waals surface area contributed by atoms with Crippen LogP contribution < -0.4 is 0 Å². The van der Waals surface area contributed by atoms with Gasteiger partial charge in [-0.05, 0) is 6.42 Å². The number of esters is 1. The standard InChI is InChI=1S/C7H8O6/c1-13-6(12)7(5(10)11)2-3(7)4(8)9/h3H,2H2,1H3,(H,8,9)(H,10,11)/t3-,7-/m1/s1. The fraction of sp³-hybridized carbons (Fsp3) is 0.571. The Kier molecular flexibility index (Phi) is 1.99. The summed E-state index contributed by atoms with van der Waals surface area (Å²) in [6.07, 6.45) is -0.190. The lowest BCUT2D eigenvalue weighted by Crippen LogP contribution is -2.30. The van der Waals surface area contributed by atoms with Crippen molar-refractivity contribution in [3.05, 3.63) is 0 Å². The Bertz CT molecular complexity index is 283. The molecule has 6 nitrogen and oxygen atoms in total. The summed E-state index contributed by atoms with van der Waals surface area (Å²) in [5.74, 6) is -4.87. The number of ether oxygens (including phenoxy) is 1. The highest BCUT2D eigenvalue weighted by atomic mass is 16.5. The highest BCUT2D eigenvalue weighted by Crippen LogP contribution is 2.53. The van der Waals surface area contributed by atoms with Crippen molar-refractivity contribution in [3.8, 4) is 0 Å². The van der Waals surface area contributed by atoms with Crippen LogP contribution >= 0.6 is 0 Å². The predicted octanol–water partition coefficient (Wildman–Crippen LogP) is -0.665. The summed E-state index contributed by atoms with van der Waals surface area (Å²) < 4.78 is 4.24. The summed E-state index contributed by atoms with van der Waals surface area (Å²) in [7, 11) is 1.03. The van der Waals surface area contributed by atoms with Gasteiger partial charge in [0.1, 0.15) is 0 Å². The van der Waals surface area contributed by atoms with E-state index in [1.54, 1.807) is 0 Å². The summed E-state index contributed by atoms with van der Waals surface area (Å²) in [5.41, 5.74) is -1.85. The van der Waals surface area contributed by atoms with Gasteiger partial charge in [-0.25, -0.2) is 0 Å². The van der Waals surface area contributed by atoms with Crippen molar-refractivity contribution < 1.29 is 29.3 Å². The van der Waals surface area contributed by atoms with Crippen LogP contribution in [0.1, 0.15) is 6.42 Å². The van der Waals surface area contributed by atoms with E-state index in [-0.39, 0.29) is 6.42 Å². The van der Waals surface area contributed by atoms with Crippen molar-refractivity contribution in [1.82, 2.24) is 0 Å². The van der Waals surface area contributed by atoms with E-state index in [1.165, 1.54) is 0 Å². The molecule has 0 aromatic heterocycles. The number of carbonyl (C=O) groups excluding carboxylic acids is 1. The first-order valence-electron chi connectivity index (χ1n) is 3.51. The van der Waals surface area contributed by atoms with Gasteiger partial charge in [0, 0.05) is 0 Å². The second kappa shape index (κ2) is 2.72. The number of aliphatic carboxylic acids is 2. The monoisotopic (exact) mass is 188 g/mol. The topological polar surface area (TPSA) is 101 Å². The van der Waals surface area contributed by atoms with Gasteiger partial charge in [0.05, 0.1) is 13.0 Å². The molecule has 1 rings (SSSR count). The van der Waals surface area contributed by atoms with Crippen LogP contribution in [0.5, 0.6) is 0 Å². The lowest BCUT2D eigenvalue weighted by atomic mass is 10.1. The van der Waals surface area contributed by atoms with Gasteiger partial charge >= 0.3 is 17.9 Å². The Labute approximate surface area is 73.1 Å². The molecule has 72 valence electrons. The number of hydrogen-bond donors (Lipinski definition) is 2. The average Bonchev–Trinajstić information content (AvgIpc) is 2.78. The number of hydrogen-bond acceptors (Lipinski definition) is 4. The van der Waals surface area contributed by atoms with Crippen LogP contribution in [0.15, 0.2) is 0 Å². The molecule has 13 heavy (non-hydrogen) atoms. The minimum Gasteiger partial charge on any atom is -0.481 e. The van der Waals surface area contributed by atoms with E-state index < -0.39 is 29.2 Å². The molecular weight excluding hydrogens is 180 g/mol.